The molecule has 1 atom stereocenters. The SMILES string of the molecule is CCCCNC(=NCc1nnc(C)n1C)NCC(C)(O)c1cnn(C)c1.I. The smallest absolute Gasteiger partial charge is 0.191 e. The average molecular weight is 490 g/mol. The molecule has 0 amide bonds. The van der Waals surface area contributed by atoms with Gasteiger partial charge in [-0.25, -0.2) is 4.99 Å². The molecular weight excluding hydrogens is 459 g/mol. The third-order valence-electron chi connectivity index (χ3n) is 4.31. The van der Waals surface area contributed by atoms with Gasteiger partial charge in [-0.1, -0.05) is 13.3 Å². The molecule has 0 aromatic carbocycles. The molecule has 0 fully saturated rings. The summed E-state index contributed by atoms with van der Waals surface area (Å²) in [5, 5.41) is 29.5. The van der Waals surface area contributed by atoms with E-state index in [1.807, 2.05) is 31.8 Å². The molecule has 10 heteroatoms. The molecule has 0 saturated heterocycles. The molecule has 0 aliphatic carbocycles. The molecule has 0 aliphatic heterocycles. The van der Waals surface area contributed by atoms with Crippen molar-refractivity contribution >= 4 is 29.9 Å². The van der Waals surface area contributed by atoms with Crippen molar-refractivity contribution in [2.75, 3.05) is 13.1 Å². The Hall–Kier alpha value is -1.69. The van der Waals surface area contributed by atoms with Crippen molar-refractivity contribution in [2.24, 2.45) is 19.1 Å². The van der Waals surface area contributed by atoms with Crippen LogP contribution in [0.1, 0.15) is 43.9 Å². The minimum absolute atomic E-state index is 0. The Morgan fingerprint density at radius 3 is 2.59 bits per heavy atom. The van der Waals surface area contributed by atoms with E-state index in [4.69, 9.17) is 0 Å². The molecule has 0 bridgehead atoms. The third-order valence-corrected chi connectivity index (χ3v) is 4.31. The molecule has 2 aromatic heterocycles. The van der Waals surface area contributed by atoms with Crippen LogP contribution in [0.2, 0.25) is 0 Å². The lowest BCUT2D eigenvalue weighted by Crippen LogP contribution is -2.44. The van der Waals surface area contributed by atoms with Gasteiger partial charge in [-0.3, -0.25) is 4.68 Å². The molecule has 2 rings (SSSR count). The van der Waals surface area contributed by atoms with Crippen LogP contribution in [-0.4, -0.2) is 48.7 Å². The highest BCUT2D eigenvalue weighted by Gasteiger charge is 2.25. The Labute approximate surface area is 177 Å². The first-order valence-corrected chi connectivity index (χ1v) is 8.92. The monoisotopic (exact) mass is 490 g/mol. The van der Waals surface area contributed by atoms with Crippen LogP contribution >= 0.6 is 24.0 Å². The minimum Gasteiger partial charge on any atom is -0.383 e. The summed E-state index contributed by atoms with van der Waals surface area (Å²) in [6.07, 6.45) is 5.62. The third kappa shape index (κ3) is 6.76. The van der Waals surface area contributed by atoms with Crippen LogP contribution in [0.5, 0.6) is 0 Å². The second-order valence-corrected chi connectivity index (χ2v) is 6.70. The first kappa shape index (κ1) is 23.3. The Morgan fingerprint density at radius 2 is 2.04 bits per heavy atom. The Morgan fingerprint density at radius 1 is 1.30 bits per heavy atom. The summed E-state index contributed by atoms with van der Waals surface area (Å²) in [4.78, 5) is 4.58. The van der Waals surface area contributed by atoms with Gasteiger partial charge in [0.1, 0.15) is 18.0 Å². The molecule has 27 heavy (non-hydrogen) atoms. The topological polar surface area (TPSA) is 105 Å². The van der Waals surface area contributed by atoms with Gasteiger partial charge in [-0.05, 0) is 20.3 Å². The lowest BCUT2D eigenvalue weighted by atomic mass is 10.00. The van der Waals surface area contributed by atoms with Crippen LogP contribution < -0.4 is 10.6 Å². The number of aliphatic hydroxyl groups is 1. The predicted molar refractivity (Wildman–Crippen MR) is 116 cm³/mol. The van der Waals surface area contributed by atoms with Gasteiger partial charge in [0.05, 0.1) is 12.7 Å². The second-order valence-electron chi connectivity index (χ2n) is 6.70. The molecule has 3 N–H and O–H groups in total. The van der Waals surface area contributed by atoms with Crippen LogP contribution in [0.3, 0.4) is 0 Å². The van der Waals surface area contributed by atoms with Crippen molar-refractivity contribution in [3.8, 4) is 0 Å². The quantitative estimate of drug-likeness (QED) is 0.223. The summed E-state index contributed by atoms with van der Waals surface area (Å²) >= 11 is 0. The van der Waals surface area contributed by atoms with E-state index in [1.54, 1.807) is 17.8 Å². The Kier molecular flexibility index (Phi) is 9.16. The molecule has 1 unspecified atom stereocenters. The second kappa shape index (κ2) is 10.6. The number of unbranched alkanes of at least 4 members (excludes halogenated alkanes) is 1. The van der Waals surface area contributed by atoms with Crippen molar-refractivity contribution in [2.45, 2.75) is 45.8 Å². The number of hydrogen-bond acceptors (Lipinski definition) is 5. The largest absolute Gasteiger partial charge is 0.383 e. The number of aromatic nitrogens is 5. The molecule has 9 nitrogen and oxygen atoms in total. The summed E-state index contributed by atoms with van der Waals surface area (Å²) in [5.74, 6) is 2.28. The number of aliphatic imine (C=N–C) groups is 1. The number of guanidine groups is 1. The molecule has 0 saturated carbocycles. The van der Waals surface area contributed by atoms with Gasteiger partial charge in [0.25, 0.3) is 0 Å². The van der Waals surface area contributed by atoms with E-state index >= 15 is 0 Å². The summed E-state index contributed by atoms with van der Waals surface area (Å²) in [6.45, 7) is 7.34. The van der Waals surface area contributed by atoms with Crippen LogP contribution in [0.25, 0.3) is 0 Å². The van der Waals surface area contributed by atoms with Crippen LogP contribution in [-0.2, 0) is 26.2 Å². The van der Waals surface area contributed by atoms with Crippen LogP contribution in [0, 0.1) is 6.92 Å². The summed E-state index contributed by atoms with van der Waals surface area (Å²) in [5.41, 5.74) is -0.299. The van der Waals surface area contributed by atoms with Crippen LogP contribution in [0.15, 0.2) is 17.4 Å². The standard InChI is InChI=1S/C17H30N8O.HI/c1-6-7-8-18-16(19-10-15-23-22-13(2)25(15)5)20-12-17(3,26)14-9-21-24(4)11-14;/h9,11,26H,6-8,10,12H2,1-5H3,(H2,18,19,20);1H. The Bertz CT molecular complexity index is 737. The minimum atomic E-state index is -1.05. The molecule has 0 spiro atoms. The fourth-order valence-electron chi connectivity index (χ4n) is 2.35. The number of rotatable bonds is 8. The van der Waals surface area contributed by atoms with Gasteiger partial charge in [-0.15, -0.1) is 34.2 Å². The molecule has 2 aromatic rings. The predicted octanol–water partition coefficient (Wildman–Crippen LogP) is 1.22. The maximum atomic E-state index is 10.7. The molecule has 152 valence electrons. The lowest BCUT2D eigenvalue weighted by molar-refractivity contribution is 0.0616. The zero-order valence-electron chi connectivity index (χ0n) is 16.7. The lowest BCUT2D eigenvalue weighted by Gasteiger charge is -2.24. The maximum absolute atomic E-state index is 10.7. The summed E-state index contributed by atoms with van der Waals surface area (Å²) in [6, 6.07) is 0. The zero-order chi connectivity index (χ0) is 19.2. The van der Waals surface area contributed by atoms with E-state index in [1.165, 1.54) is 0 Å². The number of nitrogens with one attached hydrogen (secondary N) is 2. The van der Waals surface area contributed by atoms with Crippen molar-refractivity contribution in [3.63, 3.8) is 0 Å². The van der Waals surface area contributed by atoms with Crippen molar-refractivity contribution in [1.82, 2.24) is 35.2 Å². The molecule has 2 heterocycles. The summed E-state index contributed by atoms with van der Waals surface area (Å²) < 4.78 is 3.59. The van der Waals surface area contributed by atoms with Gasteiger partial charge in [-0.2, -0.15) is 5.10 Å². The fourth-order valence-corrected chi connectivity index (χ4v) is 2.35. The zero-order valence-corrected chi connectivity index (χ0v) is 19.1. The van der Waals surface area contributed by atoms with Gasteiger partial charge >= 0.3 is 0 Å². The van der Waals surface area contributed by atoms with Gasteiger partial charge < -0.3 is 20.3 Å². The highest BCUT2D eigenvalue weighted by atomic mass is 127. The van der Waals surface area contributed by atoms with E-state index in [2.05, 4.69) is 37.8 Å². The number of halogens is 1. The van der Waals surface area contributed by atoms with Crippen molar-refractivity contribution in [1.29, 1.82) is 0 Å². The first-order valence-electron chi connectivity index (χ1n) is 8.92. The first-order chi connectivity index (χ1) is 12.3. The summed E-state index contributed by atoms with van der Waals surface area (Å²) in [7, 11) is 3.75. The number of nitrogens with zero attached hydrogens (tertiary/aromatic N) is 6. The molecule has 0 radical (unpaired) electrons. The molecule has 0 aliphatic rings. The van der Waals surface area contributed by atoms with Gasteiger partial charge in [0.15, 0.2) is 11.8 Å². The molecular formula is C17H31IN8O. The van der Waals surface area contributed by atoms with Crippen molar-refractivity contribution in [3.05, 3.63) is 29.6 Å². The van der Waals surface area contributed by atoms with Gasteiger partial charge in [0, 0.05) is 32.4 Å². The van der Waals surface area contributed by atoms with Crippen LogP contribution in [0.4, 0.5) is 0 Å². The normalized spacial score (nSPS) is 13.8. The van der Waals surface area contributed by atoms with E-state index < -0.39 is 5.60 Å². The highest BCUT2D eigenvalue weighted by molar-refractivity contribution is 14.0. The fraction of sp³-hybridized carbons (Fsp3) is 0.647. The van der Waals surface area contributed by atoms with Crippen molar-refractivity contribution < 1.29 is 5.11 Å². The van der Waals surface area contributed by atoms with Gasteiger partial charge in [0.2, 0.25) is 0 Å². The van der Waals surface area contributed by atoms with E-state index in [0.717, 1.165) is 36.6 Å². The van der Waals surface area contributed by atoms with E-state index in [9.17, 15) is 5.11 Å². The van der Waals surface area contributed by atoms with E-state index in [0.29, 0.717) is 19.0 Å². The number of hydrogen-bond donors (Lipinski definition) is 3. The Balaban J connectivity index is 0.00000364. The highest BCUT2D eigenvalue weighted by Crippen LogP contribution is 2.18. The maximum Gasteiger partial charge on any atom is 0.191 e. The number of aryl methyl sites for hydroxylation is 2. The average Bonchev–Trinajstić information content (AvgIpc) is 3.17. The van der Waals surface area contributed by atoms with E-state index in [-0.39, 0.29) is 24.0 Å².